The van der Waals surface area contributed by atoms with E-state index < -0.39 is 6.10 Å². The SMILES string of the molecule is NCC[C@@H](O)c1cccc2cc[nH]c12. The topological polar surface area (TPSA) is 62.0 Å². The molecule has 0 radical (unpaired) electrons. The second-order valence-electron chi connectivity index (χ2n) is 3.38. The molecule has 3 heteroatoms. The molecule has 1 atom stereocenters. The minimum Gasteiger partial charge on any atom is -0.388 e. The van der Waals surface area contributed by atoms with Crippen molar-refractivity contribution in [1.29, 1.82) is 0 Å². The number of hydrogen-bond acceptors (Lipinski definition) is 2. The fraction of sp³-hybridized carbons (Fsp3) is 0.273. The van der Waals surface area contributed by atoms with E-state index in [9.17, 15) is 5.11 Å². The lowest BCUT2D eigenvalue weighted by Gasteiger charge is -2.10. The van der Waals surface area contributed by atoms with Crippen LogP contribution < -0.4 is 5.73 Å². The third kappa shape index (κ3) is 1.52. The molecule has 2 rings (SSSR count). The number of benzene rings is 1. The first kappa shape index (κ1) is 9.24. The molecule has 1 aromatic heterocycles. The summed E-state index contributed by atoms with van der Waals surface area (Å²) >= 11 is 0. The number of aliphatic hydroxyl groups is 1. The number of aromatic nitrogens is 1. The minimum absolute atomic E-state index is 0.470. The van der Waals surface area contributed by atoms with Crippen LogP contribution in [-0.2, 0) is 0 Å². The number of rotatable bonds is 3. The van der Waals surface area contributed by atoms with Crippen LogP contribution in [0.2, 0.25) is 0 Å². The van der Waals surface area contributed by atoms with Crippen LogP contribution in [0.4, 0.5) is 0 Å². The maximum absolute atomic E-state index is 9.84. The first-order chi connectivity index (χ1) is 6.83. The number of para-hydroxylation sites is 1. The molecule has 14 heavy (non-hydrogen) atoms. The van der Waals surface area contributed by atoms with Gasteiger partial charge in [0, 0.05) is 11.8 Å². The predicted octanol–water partition coefficient (Wildman–Crippen LogP) is 1.55. The van der Waals surface area contributed by atoms with Gasteiger partial charge in [0.05, 0.1) is 11.6 Å². The standard InChI is InChI=1S/C11H14N2O/c12-6-4-10(14)9-3-1-2-8-5-7-13-11(8)9/h1-3,5,7,10,13-14H,4,6,12H2/t10-/m1/s1. The first-order valence-corrected chi connectivity index (χ1v) is 4.77. The summed E-state index contributed by atoms with van der Waals surface area (Å²) < 4.78 is 0. The van der Waals surface area contributed by atoms with Crippen LogP contribution in [0.3, 0.4) is 0 Å². The van der Waals surface area contributed by atoms with Gasteiger partial charge in [0.25, 0.3) is 0 Å². The van der Waals surface area contributed by atoms with Gasteiger partial charge in [-0.3, -0.25) is 0 Å². The molecule has 0 spiro atoms. The molecule has 3 nitrogen and oxygen atoms in total. The van der Waals surface area contributed by atoms with Crippen LogP contribution >= 0.6 is 0 Å². The molecule has 0 aliphatic carbocycles. The van der Waals surface area contributed by atoms with Gasteiger partial charge in [-0.05, 0) is 24.4 Å². The van der Waals surface area contributed by atoms with Crippen LogP contribution in [-0.4, -0.2) is 16.6 Å². The lowest BCUT2D eigenvalue weighted by atomic mass is 10.0. The van der Waals surface area contributed by atoms with Crippen molar-refractivity contribution in [3.05, 3.63) is 36.0 Å². The quantitative estimate of drug-likeness (QED) is 0.687. The molecule has 2 aromatic rings. The van der Waals surface area contributed by atoms with E-state index in [0.29, 0.717) is 13.0 Å². The van der Waals surface area contributed by atoms with Crippen LogP contribution in [0.5, 0.6) is 0 Å². The Labute approximate surface area is 82.6 Å². The zero-order chi connectivity index (χ0) is 9.97. The van der Waals surface area contributed by atoms with Gasteiger partial charge in [-0.1, -0.05) is 18.2 Å². The van der Waals surface area contributed by atoms with Gasteiger partial charge in [0.15, 0.2) is 0 Å². The summed E-state index contributed by atoms with van der Waals surface area (Å²) in [7, 11) is 0. The van der Waals surface area contributed by atoms with Crippen LogP contribution in [0, 0.1) is 0 Å². The van der Waals surface area contributed by atoms with E-state index in [0.717, 1.165) is 16.5 Å². The molecule has 0 bridgehead atoms. The largest absolute Gasteiger partial charge is 0.388 e. The van der Waals surface area contributed by atoms with Gasteiger partial charge in [-0.15, -0.1) is 0 Å². The van der Waals surface area contributed by atoms with E-state index in [1.54, 1.807) is 0 Å². The lowest BCUT2D eigenvalue weighted by Crippen LogP contribution is -2.06. The summed E-state index contributed by atoms with van der Waals surface area (Å²) in [6.07, 6.45) is 2.00. The Hall–Kier alpha value is -1.32. The molecule has 0 saturated carbocycles. The summed E-state index contributed by atoms with van der Waals surface area (Å²) in [4.78, 5) is 3.13. The molecule has 0 amide bonds. The highest BCUT2D eigenvalue weighted by molar-refractivity contribution is 5.82. The maximum Gasteiger partial charge on any atom is 0.0822 e. The van der Waals surface area contributed by atoms with Gasteiger partial charge in [0.1, 0.15) is 0 Å². The molecule has 0 fully saturated rings. The highest BCUT2D eigenvalue weighted by atomic mass is 16.3. The summed E-state index contributed by atoms with van der Waals surface area (Å²) in [6, 6.07) is 7.89. The Balaban J connectivity index is 2.45. The highest BCUT2D eigenvalue weighted by Gasteiger charge is 2.10. The van der Waals surface area contributed by atoms with E-state index in [1.165, 1.54) is 0 Å². The minimum atomic E-state index is -0.470. The Bertz CT molecular complexity index is 422. The van der Waals surface area contributed by atoms with Crippen molar-refractivity contribution >= 4 is 10.9 Å². The number of fused-ring (bicyclic) bond motifs is 1. The predicted molar refractivity (Wildman–Crippen MR) is 56.9 cm³/mol. The van der Waals surface area contributed by atoms with E-state index in [-0.39, 0.29) is 0 Å². The van der Waals surface area contributed by atoms with E-state index in [2.05, 4.69) is 4.98 Å². The van der Waals surface area contributed by atoms with Crippen molar-refractivity contribution in [2.75, 3.05) is 6.54 Å². The summed E-state index contributed by atoms with van der Waals surface area (Å²) in [6.45, 7) is 0.498. The zero-order valence-electron chi connectivity index (χ0n) is 7.90. The molecule has 1 heterocycles. The average Bonchev–Trinajstić information content (AvgIpc) is 2.65. The number of nitrogens with two attached hydrogens (primary N) is 1. The number of aliphatic hydroxyl groups excluding tert-OH is 1. The summed E-state index contributed by atoms with van der Waals surface area (Å²) in [5, 5.41) is 11.0. The van der Waals surface area contributed by atoms with E-state index in [1.807, 2.05) is 30.5 Å². The molecule has 4 N–H and O–H groups in total. The molecule has 0 saturated heterocycles. The third-order valence-corrected chi connectivity index (χ3v) is 2.42. The monoisotopic (exact) mass is 190 g/mol. The van der Waals surface area contributed by atoms with Crippen molar-refractivity contribution < 1.29 is 5.11 Å². The second kappa shape index (κ2) is 3.82. The van der Waals surface area contributed by atoms with Crippen LogP contribution in [0.1, 0.15) is 18.1 Å². The fourth-order valence-corrected chi connectivity index (χ4v) is 1.70. The summed E-state index contributed by atoms with van der Waals surface area (Å²) in [5.41, 5.74) is 7.35. The summed E-state index contributed by atoms with van der Waals surface area (Å²) in [5.74, 6) is 0. The number of hydrogen-bond donors (Lipinski definition) is 3. The third-order valence-electron chi connectivity index (χ3n) is 2.42. The smallest absolute Gasteiger partial charge is 0.0822 e. The molecule has 0 aliphatic rings. The Kier molecular flexibility index (Phi) is 2.52. The maximum atomic E-state index is 9.84. The fourth-order valence-electron chi connectivity index (χ4n) is 1.70. The van der Waals surface area contributed by atoms with Crippen molar-refractivity contribution in [2.24, 2.45) is 5.73 Å². The molecule has 1 aromatic carbocycles. The van der Waals surface area contributed by atoms with E-state index in [4.69, 9.17) is 5.73 Å². The van der Waals surface area contributed by atoms with Gasteiger partial charge in [0.2, 0.25) is 0 Å². The van der Waals surface area contributed by atoms with E-state index >= 15 is 0 Å². The number of nitrogens with one attached hydrogen (secondary N) is 1. The zero-order valence-corrected chi connectivity index (χ0v) is 7.90. The van der Waals surface area contributed by atoms with Crippen molar-refractivity contribution in [1.82, 2.24) is 4.98 Å². The molecular formula is C11H14N2O. The van der Waals surface area contributed by atoms with Gasteiger partial charge in [-0.25, -0.2) is 0 Å². The average molecular weight is 190 g/mol. The Morgan fingerprint density at radius 2 is 2.21 bits per heavy atom. The molecule has 74 valence electrons. The first-order valence-electron chi connectivity index (χ1n) is 4.77. The molecule has 0 unspecified atom stereocenters. The molecule has 0 aliphatic heterocycles. The lowest BCUT2D eigenvalue weighted by molar-refractivity contribution is 0.171. The van der Waals surface area contributed by atoms with Crippen LogP contribution in [0.25, 0.3) is 10.9 Å². The Morgan fingerprint density at radius 3 is 3.00 bits per heavy atom. The van der Waals surface area contributed by atoms with Gasteiger partial charge < -0.3 is 15.8 Å². The van der Waals surface area contributed by atoms with Crippen molar-refractivity contribution in [3.63, 3.8) is 0 Å². The Morgan fingerprint density at radius 1 is 1.36 bits per heavy atom. The van der Waals surface area contributed by atoms with Crippen LogP contribution in [0.15, 0.2) is 30.5 Å². The molecular weight excluding hydrogens is 176 g/mol. The highest BCUT2D eigenvalue weighted by Crippen LogP contribution is 2.24. The van der Waals surface area contributed by atoms with Crippen molar-refractivity contribution in [3.8, 4) is 0 Å². The van der Waals surface area contributed by atoms with Crippen molar-refractivity contribution in [2.45, 2.75) is 12.5 Å². The second-order valence-corrected chi connectivity index (χ2v) is 3.38. The van der Waals surface area contributed by atoms with Gasteiger partial charge in [-0.2, -0.15) is 0 Å². The number of H-pyrrole nitrogens is 1. The number of aromatic amines is 1. The van der Waals surface area contributed by atoms with Gasteiger partial charge >= 0.3 is 0 Å². The normalized spacial score (nSPS) is 13.3.